The van der Waals surface area contributed by atoms with Gasteiger partial charge in [0.05, 0.1) is 28.4 Å². The molecule has 2 heterocycles. The number of hydrogen-bond donors (Lipinski definition) is 3. The predicted molar refractivity (Wildman–Crippen MR) is 130 cm³/mol. The molecule has 0 aliphatic carbocycles. The van der Waals surface area contributed by atoms with E-state index in [1.165, 1.54) is 12.1 Å². The predicted octanol–water partition coefficient (Wildman–Crippen LogP) is 2.72. The molecule has 1 aliphatic rings. The monoisotopic (exact) mass is 510 g/mol. The summed E-state index contributed by atoms with van der Waals surface area (Å²) in [7, 11) is -7.59. The van der Waals surface area contributed by atoms with E-state index in [0.29, 0.717) is 16.9 Å². The van der Waals surface area contributed by atoms with Crippen molar-refractivity contribution in [3.8, 4) is 0 Å². The first-order chi connectivity index (χ1) is 16.7. The maximum absolute atomic E-state index is 13.1. The number of carbonyl (C=O) groups is 1. The van der Waals surface area contributed by atoms with Crippen molar-refractivity contribution < 1.29 is 21.6 Å². The van der Waals surface area contributed by atoms with Crippen molar-refractivity contribution in [3.63, 3.8) is 0 Å². The van der Waals surface area contributed by atoms with Gasteiger partial charge in [-0.25, -0.2) is 26.5 Å². The number of amides is 1. The Hall–Kier alpha value is -3.54. The quantitative estimate of drug-likeness (QED) is 0.350. The molecule has 0 saturated carbocycles. The number of para-hydroxylation sites is 2. The average molecular weight is 511 g/mol. The molecule has 35 heavy (non-hydrogen) atoms. The zero-order valence-electron chi connectivity index (χ0n) is 18.4. The van der Waals surface area contributed by atoms with Gasteiger partial charge in [-0.2, -0.15) is 0 Å². The standard InChI is InChI=1S/C24H22N4O5S2/c29-23-15-22(35(32,33)28-23)17-12-10-16(11-13-17)14-21(24-25-19-8-4-5-9-20(19)26-24)27-34(30,31)18-6-2-1-3-7-18/h1-13,21-22,27H,14-15H2,(H,25,26)(H,28,29)/t21-,22-/m0/s1. The fourth-order valence-corrected chi connectivity index (χ4v) is 6.79. The van der Waals surface area contributed by atoms with E-state index in [1.807, 2.05) is 29.0 Å². The number of nitrogens with one attached hydrogen (secondary N) is 3. The highest BCUT2D eigenvalue weighted by molar-refractivity contribution is 7.90. The molecule has 3 N–H and O–H groups in total. The van der Waals surface area contributed by atoms with E-state index >= 15 is 0 Å². The minimum Gasteiger partial charge on any atom is -0.341 e. The molecule has 3 aromatic carbocycles. The van der Waals surface area contributed by atoms with Gasteiger partial charge in [-0.3, -0.25) is 9.52 Å². The number of carbonyl (C=O) groups excluding carboxylic acids is 1. The molecule has 4 aromatic rings. The van der Waals surface area contributed by atoms with Crippen molar-refractivity contribution in [3.05, 3.63) is 95.8 Å². The lowest BCUT2D eigenvalue weighted by molar-refractivity contribution is -0.118. The highest BCUT2D eigenvalue weighted by Crippen LogP contribution is 2.31. The SMILES string of the molecule is O=C1C[C@@H](c2ccc(C[C@H](NS(=O)(=O)c3ccccc3)c3nc4ccccc4[nH]3)cc2)S(=O)(=O)N1. The summed E-state index contributed by atoms with van der Waals surface area (Å²) in [6.07, 6.45) is 0.140. The van der Waals surface area contributed by atoms with Crippen LogP contribution in [-0.4, -0.2) is 32.7 Å². The van der Waals surface area contributed by atoms with Gasteiger partial charge < -0.3 is 4.98 Å². The highest BCUT2D eigenvalue weighted by atomic mass is 32.2. The lowest BCUT2D eigenvalue weighted by Gasteiger charge is -2.18. The molecule has 1 amide bonds. The summed E-state index contributed by atoms with van der Waals surface area (Å²) in [6, 6.07) is 21.6. The second-order valence-corrected chi connectivity index (χ2v) is 11.9. The van der Waals surface area contributed by atoms with Gasteiger partial charge in [0, 0.05) is 0 Å². The number of aromatic amines is 1. The molecule has 0 radical (unpaired) electrons. The zero-order chi connectivity index (χ0) is 24.6. The van der Waals surface area contributed by atoms with Gasteiger partial charge >= 0.3 is 0 Å². The first-order valence-corrected chi connectivity index (χ1v) is 13.9. The summed E-state index contributed by atoms with van der Waals surface area (Å²) in [4.78, 5) is 19.5. The molecule has 0 spiro atoms. The molecule has 11 heteroatoms. The third-order valence-corrected chi connectivity index (χ3v) is 9.07. The van der Waals surface area contributed by atoms with Crippen molar-refractivity contribution in [1.82, 2.24) is 19.4 Å². The van der Waals surface area contributed by atoms with E-state index in [2.05, 4.69) is 14.7 Å². The van der Waals surface area contributed by atoms with Gasteiger partial charge in [-0.15, -0.1) is 0 Å². The van der Waals surface area contributed by atoms with Gasteiger partial charge in [0.15, 0.2) is 0 Å². The minimum atomic E-state index is -3.84. The summed E-state index contributed by atoms with van der Waals surface area (Å²) in [5.74, 6) is -0.0673. The molecule has 1 fully saturated rings. The van der Waals surface area contributed by atoms with Crippen molar-refractivity contribution in [2.45, 2.75) is 29.0 Å². The summed E-state index contributed by atoms with van der Waals surface area (Å²) in [5, 5.41) is -0.938. The average Bonchev–Trinajstić information content (AvgIpc) is 3.39. The van der Waals surface area contributed by atoms with Gasteiger partial charge in [0.2, 0.25) is 26.0 Å². The van der Waals surface area contributed by atoms with Crippen LogP contribution in [0, 0.1) is 0 Å². The van der Waals surface area contributed by atoms with E-state index < -0.39 is 37.2 Å². The number of hydrogen-bond acceptors (Lipinski definition) is 6. The summed E-state index contributed by atoms with van der Waals surface area (Å²) in [6.45, 7) is 0. The smallest absolute Gasteiger partial charge is 0.242 e. The van der Waals surface area contributed by atoms with Crippen LogP contribution in [0.2, 0.25) is 0 Å². The topological polar surface area (TPSA) is 138 Å². The number of imidazole rings is 1. The molecule has 1 aliphatic heterocycles. The molecular weight excluding hydrogens is 488 g/mol. The zero-order valence-corrected chi connectivity index (χ0v) is 20.0. The van der Waals surface area contributed by atoms with E-state index in [9.17, 15) is 21.6 Å². The molecule has 1 saturated heterocycles. The first kappa shape index (κ1) is 23.2. The Morgan fingerprint density at radius 1 is 0.971 bits per heavy atom. The van der Waals surface area contributed by atoms with Crippen LogP contribution in [0.25, 0.3) is 11.0 Å². The van der Waals surface area contributed by atoms with E-state index in [0.717, 1.165) is 11.1 Å². The van der Waals surface area contributed by atoms with Crippen LogP contribution < -0.4 is 9.44 Å². The van der Waals surface area contributed by atoms with Crippen LogP contribution in [0.1, 0.15) is 34.7 Å². The van der Waals surface area contributed by atoms with E-state index in [4.69, 9.17) is 0 Å². The summed E-state index contributed by atoms with van der Waals surface area (Å²) < 4.78 is 55.3. The fourth-order valence-electron chi connectivity index (χ4n) is 4.14. The third-order valence-electron chi connectivity index (χ3n) is 5.88. The summed E-state index contributed by atoms with van der Waals surface area (Å²) >= 11 is 0. The molecule has 5 rings (SSSR count). The van der Waals surface area contributed by atoms with Crippen molar-refractivity contribution in [2.75, 3.05) is 0 Å². The Bertz CT molecular complexity index is 1570. The minimum absolute atomic E-state index is 0.125. The Labute approximate surface area is 202 Å². The second kappa shape index (κ2) is 8.91. The lowest BCUT2D eigenvalue weighted by Crippen LogP contribution is -2.31. The molecule has 9 nitrogen and oxygen atoms in total. The first-order valence-electron chi connectivity index (χ1n) is 10.9. The number of rotatable bonds is 7. The number of H-pyrrole nitrogens is 1. The van der Waals surface area contributed by atoms with Crippen LogP contribution in [-0.2, 0) is 31.3 Å². The van der Waals surface area contributed by atoms with Crippen molar-refractivity contribution >= 4 is 37.0 Å². The maximum atomic E-state index is 13.1. The number of aromatic nitrogens is 2. The molecule has 2 atom stereocenters. The Morgan fingerprint density at radius 2 is 1.66 bits per heavy atom. The molecular formula is C24H22N4O5S2. The Morgan fingerprint density at radius 3 is 2.31 bits per heavy atom. The van der Waals surface area contributed by atoms with Crippen molar-refractivity contribution in [1.29, 1.82) is 0 Å². The van der Waals surface area contributed by atoms with Gasteiger partial charge in [0.25, 0.3) is 0 Å². The van der Waals surface area contributed by atoms with E-state index in [1.54, 1.807) is 42.5 Å². The maximum Gasteiger partial charge on any atom is 0.242 e. The van der Waals surface area contributed by atoms with Crippen LogP contribution in [0.4, 0.5) is 0 Å². The largest absolute Gasteiger partial charge is 0.341 e. The van der Waals surface area contributed by atoms with Crippen LogP contribution in [0.3, 0.4) is 0 Å². The lowest BCUT2D eigenvalue weighted by atomic mass is 10.0. The van der Waals surface area contributed by atoms with Gasteiger partial charge in [-0.1, -0.05) is 54.6 Å². The van der Waals surface area contributed by atoms with Crippen molar-refractivity contribution in [2.24, 2.45) is 0 Å². The van der Waals surface area contributed by atoms with E-state index in [-0.39, 0.29) is 17.7 Å². The highest BCUT2D eigenvalue weighted by Gasteiger charge is 2.37. The summed E-state index contributed by atoms with van der Waals surface area (Å²) in [5.41, 5.74) is 2.76. The molecule has 0 unspecified atom stereocenters. The molecule has 180 valence electrons. The Balaban J connectivity index is 1.46. The second-order valence-electron chi connectivity index (χ2n) is 8.33. The fraction of sp³-hybridized carbons (Fsp3) is 0.167. The third kappa shape index (κ3) is 4.83. The number of nitrogens with zero attached hydrogens (tertiary/aromatic N) is 1. The molecule has 1 aromatic heterocycles. The normalized spacial score (nSPS) is 18.4. The van der Waals surface area contributed by atoms with Crippen LogP contribution in [0.5, 0.6) is 0 Å². The van der Waals surface area contributed by atoms with Gasteiger partial charge in [0.1, 0.15) is 11.1 Å². The van der Waals surface area contributed by atoms with Crippen LogP contribution in [0.15, 0.2) is 83.8 Å². The number of sulfonamides is 2. The molecule has 0 bridgehead atoms. The number of fused-ring (bicyclic) bond motifs is 1. The van der Waals surface area contributed by atoms with Crippen LogP contribution >= 0.6 is 0 Å². The number of benzene rings is 3. The van der Waals surface area contributed by atoms with Gasteiger partial charge in [-0.05, 0) is 41.8 Å². The Kier molecular flexibility index (Phi) is 5.91.